The molecule has 6 rings (SSSR count). The van der Waals surface area contributed by atoms with Crippen LogP contribution in [0, 0.1) is 11.8 Å². The van der Waals surface area contributed by atoms with E-state index in [1.165, 1.54) is 11.0 Å². The molecular weight excluding hydrogens is 531 g/mol. The molecule has 4 fully saturated rings. The van der Waals surface area contributed by atoms with Crippen LogP contribution >= 0.6 is 11.6 Å². The van der Waals surface area contributed by atoms with Crippen LogP contribution in [0.1, 0.15) is 37.7 Å². The van der Waals surface area contributed by atoms with Gasteiger partial charge in [-0.1, -0.05) is 29.8 Å². The minimum Gasteiger partial charge on any atom is -0.342 e. The van der Waals surface area contributed by atoms with Crippen LogP contribution in [0.2, 0.25) is 5.02 Å². The van der Waals surface area contributed by atoms with Crippen molar-refractivity contribution in [1.82, 2.24) is 15.8 Å². The van der Waals surface area contributed by atoms with Gasteiger partial charge in [-0.05, 0) is 68.4 Å². The molecule has 0 radical (unpaired) electrons. The van der Waals surface area contributed by atoms with Crippen molar-refractivity contribution in [2.75, 3.05) is 36.1 Å². The van der Waals surface area contributed by atoms with Gasteiger partial charge in [-0.25, -0.2) is 0 Å². The number of hydrogen-bond donors (Lipinski definition) is 2. The molecule has 3 saturated heterocycles. The van der Waals surface area contributed by atoms with E-state index in [2.05, 4.69) is 10.9 Å². The van der Waals surface area contributed by atoms with Crippen molar-refractivity contribution in [1.29, 1.82) is 0 Å². The molecule has 1 spiro atoms. The minimum atomic E-state index is -4.56. The molecule has 2 N–H and O–H groups in total. The van der Waals surface area contributed by atoms with Gasteiger partial charge < -0.3 is 9.80 Å². The number of alkyl halides is 3. The molecule has 3 aliphatic heterocycles. The van der Waals surface area contributed by atoms with E-state index in [1.54, 1.807) is 0 Å². The standard InChI is InChI=1S/C28H31ClF3N5O2/c29-22-8-7-20(28(30,31)32)15-24(22)36-17-37(21-4-2-1-3-5-21)27(26(36)39)10-12-35(13-11-27)25(38)18-6-9-23-19(14-18)16-33-34-23/h1-5,7-8,15,18-19,23,33-34H,6,9-14,16-17H2. The maximum absolute atomic E-state index is 14.1. The Morgan fingerprint density at radius 3 is 2.51 bits per heavy atom. The van der Waals surface area contributed by atoms with Crippen molar-refractivity contribution in [2.45, 2.75) is 49.9 Å². The van der Waals surface area contributed by atoms with Gasteiger partial charge in [-0.15, -0.1) is 0 Å². The zero-order chi connectivity index (χ0) is 27.4. The Balaban J connectivity index is 1.26. The van der Waals surface area contributed by atoms with E-state index in [9.17, 15) is 22.8 Å². The van der Waals surface area contributed by atoms with Crippen molar-refractivity contribution >= 4 is 34.8 Å². The van der Waals surface area contributed by atoms with Gasteiger partial charge >= 0.3 is 6.18 Å². The second-order valence-electron chi connectivity index (χ2n) is 11.1. The number of anilines is 2. The van der Waals surface area contributed by atoms with Crippen LogP contribution in [-0.4, -0.2) is 54.6 Å². The van der Waals surface area contributed by atoms with E-state index >= 15 is 0 Å². The highest BCUT2D eigenvalue weighted by Crippen LogP contribution is 2.44. The Labute approximate surface area is 230 Å². The summed E-state index contributed by atoms with van der Waals surface area (Å²) in [6.45, 7) is 1.77. The maximum atomic E-state index is 14.1. The van der Waals surface area contributed by atoms with Crippen molar-refractivity contribution in [3.05, 3.63) is 59.1 Å². The topological polar surface area (TPSA) is 67.9 Å². The van der Waals surface area contributed by atoms with Gasteiger partial charge in [-0.3, -0.25) is 25.3 Å². The minimum absolute atomic E-state index is 0.0214. The monoisotopic (exact) mass is 561 g/mol. The van der Waals surface area contributed by atoms with Crippen LogP contribution in [0.5, 0.6) is 0 Å². The summed E-state index contributed by atoms with van der Waals surface area (Å²) < 4.78 is 40.5. The summed E-state index contributed by atoms with van der Waals surface area (Å²) in [5.74, 6) is 0.277. The number of amides is 2. The Kier molecular flexibility index (Phi) is 6.76. The summed E-state index contributed by atoms with van der Waals surface area (Å²) in [6.07, 6.45) is -1.13. The van der Waals surface area contributed by atoms with Gasteiger partial charge in [0.2, 0.25) is 5.91 Å². The number of likely N-dealkylation sites (tertiary alicyclic amines) is 1. The molecule has 4 aliphatic rings. The number of hydrazine groups is 1. The van der Waals surface area contributed by atoms with Gasteiger partial charge in [0, 0.05) is 37.3 Å². The number of benzene rings is 2. The Hall–Kier alpha value is -2.82. The number of nitrogens with one attached hydrogen (secondary N) is 2. The molecule has 3 unspecified atom stereocenters. The number of carbonyl (C=O) groups excluding carboxylic acids is 2. The van der Waals surface area contributed by atoms with Gasteiger partial charge in [0.1, 0.15) is 5.54 Å². The summed E-state index contributed by atoms with van der Waals surface area (Å²) in [5, 5.41) is 0.0838. The normalized spacial score (nSPS) is 26.8. The van der Waals surface area contributed by atoms with Crippen molar-refractivity contribution in [3.63, 3.8) is 0 Å². The summed E-state index contributed by atoms with van der Waals surface area (Å²) >= 11 is 6.36. The van der Waals surface area contributed by atoms with Crippen LogP contribution in [0.4, 0.5) is 24.5 Å². The van der Waals surface area contributed by atoms with Crippen LogP contribution in [0.15, 0.2) is 48.5 Å². The third kappa shape index (κ3) is 4.66. The predicted octanol–water partition coefficient (Wildman–Crippen LogP) is 4.42. The third-order valence-electron chi connectivity index (χ3n) is 8.96. The molecule has 7 nitrogen and oxygen atoms in total. The lowest BCUT2D eigenvalue weighted by molar-refractivity contribution is -0.140. The zero-order valence-electron chi connectivity index (χ0n) is 21.4. The summed E-state index contributed by atoms with van der Waals surface area (Å²) in [6, 6.07) is 12.9. The fraction of sp³-hybridized carbons (Fsp3) is 0.500. The number of halogens is 4. The fourth-order valence-electron chi connectivity index (χ4n) is 6.79. The van der Waals surface area contributed by atoms with E-state index in [0.29, 0.717) is 37.9 Å². The number of hydrogen-bond acceptors (Lipinski definition) is 5. The van der Waals surface area contributed by atoms with E-state index in [4.69, 9.17) is 11.6 Å². The molecule has 1 aliphatic carbocycles. The van der Waals surface area contributed by atoms with E-state index in [-0.39, 0.29) is 35.1 Å². The van der Waals surface area contributed by atoms with E-state index < -0.39 is 17.3 Å². The lowest BCUT2D eigenvalue weighted by Gasteiger charge is -2.44. The highest BCUT2D eigenvalue weighted by atomic mass is 35.5. The number of fused-ring (bicyclic) bond motifs is 1. The first-order valence-corrected chi connectivity index (χ1v) is 13.8. The van der Waals surface area contributed by atoms with Crippen LogP contribution in [-0.2, 0) is 15.8 Å². The first kappa shape index (κ1) is 26.4. The average Bonchev–Trinajstić information content (AvgIpc) is 3.51. The molecule has 2 aromatic carbocycles. The Bertz CT molecular complexity index is 1250. The quantitative estimate of drug-likeness (QED) is 0.581. The van der Waals surface area contributed by atoms with Gasteiger partial charge in [0.15, 0.2) is 0 Å². The van der Waals surface area contributed by atoms with Crippen LogP contribution < -0.4 is 20.7 Å². The summed E-state index contributed by atoms with van der Waals surface area (Å²) in [5.41, 5.74) is 5.51. The van der Waals surface area contributed by atoms with Crippen LogP contribution in [0.25, 0.3) is 0 Å². The molecule has 11 heteroatoms. The van der Waals surface area contributed by atoms with E-state index in [1.807, 2.05) is 40.1 Å². The zero-order valence-corrected chi connectivity index (χ0v) is 22.1. The molecule has 3 heterocycles. The molecule has 2 aromatic rings. The number of nitrogens with zero attached hydrogens (tertiary/aromatic N) is 3. The smallest absolute Gasteiger partial charge is 0.342 e. The number of piperidine rings is 1. The Morgan fingerprint density at radius 2 is 1.79 bits per heavy atom. The predicted molar refractivity (Wildman–Crippen MR) is 142 cm³/mol. The summed E-state index contributed by atoms with van der Waals surface area (Å²) in [4.78, 5) is 32.8. The number of carbonyl (C=O) groups is 2. The second kappa shape index (κ2) is 9.98. The van der Waals surface area contributed by atoms with Gasteiger partial charge in [0.25, 0.3) is 5.91 Å². The lowest BCUT2D eigenvalue weighted by atomic mass is 9.77. The first-order chi connectivity index (χ1) is 18.7. The SMILES string of the molecule is O=C(C1CCC2NNCC2C1)N1CCC2(CC1)C(=O)N(c1cc(C(F)(F)F)ccc1Cl)CN2c1ccccc1. The fourth-order valence-corrected chi connectivity index (χ4v) is 7.01. The summed E-state index contributed by atoms with van der Waals surface area (Å²) in [7, 11) is 0. The molecule has 0 aromatic heterocycles. The molecule has 3 atom stereocenters. The molecule has 208 valence electrons. The lowest BCUT2D eigenvalue weighted by Crippen LogP contribution is -2.58. The van der Waals surface area contributed by atoms with Crippen molar-refractivity contribution < 1.29 is 22.8 Å². The molecule has 0 bridgehead atoms. The molecule has 39 heavy (non-hydrogen) atoms. The van der Waals surface area contributed by atoms with Crippen molar-refractivity contribution in [3.8, 4) is 0 Å². The van der Waals surface area contributed by atoms with E-state index in [0.717, 1.165) is 43.6 Å². The highest BCUT2D eigenvalue weighted by Gasteiger charge is 2.55. The largest absolute Gasteiger partial charge is 0.416 e. The van der Waals surface area contributed by atoms with Gasteiger partial charge in [-0.2, -0.15) is 13.2 Å². The number of rotatable bonds is 3. The van der Waals surface area contributed by atoms with Crippen molar-refractivity contribution in [2.24, 2.45) is 11.8 Å². The van der Waals surface area contributed by atoms with Crippen LogP contribution in [0.3, 0.4) is 0 Å². The maximum Gasteiger partial charge on any atom is 0.416 e. The Morgan fingerprint density at radius 1 is 1.05 bits per heavy atom. The molecule has 2 amide bonds. The first-order valence-electron chi connectivity index (χ1n) is 13.5. The second-order valence-corrected chi connectivity index (χ2v) is 11.5. The molecule has 1 saturated carbocycles. The average molecular weight is 562 g/mol. The highest BCUT2D eigenvalue weighted by molar-refractivity contribution is 6.34. The third-order valence-corrected chi connectivity index (χ3v) is 9.28. The molecular formula is C28H31ClF3N5O2. The number of para-hydroxylation sites is 1. The van der Waals surface area contributed by atoms with Gasteiger partial charge in [0.05, 0.1) is 22.9 Å².